The lowest BCUT2D eigenvalue weighted by Gasteiger charge is -2.40. The van der Waals surface area contributed by atoms with Crippen molar-refractivity contribution in [2.24, 2.45) is 5.73 Å². The van der Waals surface area contributed by atoms with Crippen molar-refractivity contribution in [3.63, 3.8) is 0 Å². The van der Waals surface area contributed by atoms with Crippen molar-refractivity contribution in [1.82, 2.24) is 5.32 Å². The SMILES string of the molecule is C=CC1(O)C=CC(c2ccccc2NC(C)=O)=CC1(Cl)C(=S)NC(N)=O. The molecule has 0 saturated heterocycles. The number of thiocarbonyl (C=S) groups is 1. The summed E-state index contributed by atoms with van der Waals surface area (Å²) in [4.78, 5) is 20.8. The van der Waals surface area contributed by atoms with Crippen molar-refractivity contribution in [1.29, 1.82) is 0 Å². The molecule has 2 unspecified atom stereocenters. The molecule has 2 rings (SSSR count). The Kier molecular flexibility index (Phi) is 5.65. The highest BCUT2D eigenvalue weighted by Crippen LogP contribution is 2.42. The van der Waals surface area contributed by atoms with Crippen molar-refractivity contribution in [2.45, 2.75) is 17.4 Å². The molecule has 26 heavy (non-hydrogen) atoms. The van der Waals surface area contributed by atoms with Gasteiger partial charge in [-0.25, -0.2) is 4.79 Å². The molecule has 0 aromatic heterocycles. The monoisotopic (exact) mass is 391 g/mol. The molecule has 0 saturated carbocycles. The number of halogens is 1. The lowest BCUT2D eigenvalue weighted by molar-refractivity contribution is -0.114. The van der Waals surface area contributed by atoms with E-state index >= 15 is 0 Å². The first-order valence-electron chi connectivity index (χ1n) is 7.58. The van der Waals surface area contributed by atoms with Gasteiger partial charge in [-0.1, -0.05) is 49.1 Å². The maximum atomic E-state index is 11.4. The van der Waals surface area contributed by atoms with Crippen LogP contribution in [0.2, 0.25) is 0 Å². The normalized spacial score (nSPS) is 24.3. The van der Waals surface area contributed by atoms with Gasteiger partial charge < -0.3 is 21.5 Å². The van der Waals surface area contributed by atoms with Crippen molar-refractivity contribution in [3.8, 4) is 0 Å². The van der Waals surface area contributed by atoms with Crippen LogP contribution in [0.15, 0.2) is 55.1 Å². The summed E-state index contributed by atoms with van der Waals surface area (Å²) in [5.74, 6) is -0.233. The van der Waals surface area contributed by atoms with Gasteiger partial charge in [0.1, 0.15) is 15.5 Å². The largest absolute Gasteiger partial charge is 0.379 e. The molecule has 0 aliphatic heterocycles. The van der Waals surface area contributed by atoms with E-state index in [1.165, 1.54) is 25.2 Å². The van der Waals surface area contributed by atoms with Gasteiger partial charge in [0.2, 0.25) is 5.91 Å². The van der Waals surface area contributed by atoms with E-state index in [1.807, 2.05) is 0 Å². The van der Waals surface area contributed by atoms with Crippen LogP contribution in [0.3, 0.4) is 0 Å². The number of anilines is 1. The fourth-order valence-corrected chi connectivity index (χ4v) is 3.21. The fourth-order valence-electron chi connectivity index (χ4n) is 2.58. The summed E-state index contributed by atoms with van der Waals surface area (Å²) in [5, 5.41) is 15.8. The molecule has 0 heterocycles. The number of hydrogen-bond donors (Lipinski definition) is 4. The minimum Gasteiger partial charge on any atom is -0.379 e. The molecule has 136 valence electrons. The van der Waals surface area contributed by atoms with Crippen LogP contribution in [0.1, 0.15) is 12.5 Å². The first kappa shape index (κ1) is 19.8. The zero-order valence-electron chi connectivity index (χ0n) is 14.0. The van der Waals surface area contributed by atoms with Gasteiger partial charge in [-0.3, -0.25) is 4.79 Å². The average Bonchev–Trinajstić information content (AvgIpc) is 2.57. The molecule has 0 radical (unpaired) electrons. The van der Waals surface area contributed by atoms with E-state index in [9.17, 15) is 14.7 Å². The van der Waals surface area contributed by atoms with Crippen molar-refractivity contribution < 1.29 is 14.7 Å². The topological polar surface area (TPSA) is 104 Å². The quantitative estimate of drug-likeness (QED) is 0.359. The highest BCUT2D eigenvalue weighted by molar-refractivity contribution is 7.80. The first-order valence-corrected chi connectivity index (χ1v) is 8.36. The summed E-state index contributed by atoms with van der Waals surface area (Å²) in [6.07, 6.45) is 5.77. The summed E-state index contributed by atoms with van der Waals surface area (Å²) in [7, 11) is 0. The minimum atomic E-state index is -1.75. The number of nitrogens with one attached hydrogen (secondary N) is 2. The van der Waals surface area contributed by atoms with E-state index < -0.39 is 16.5 Å². The van der Waals surface area contributed by atoms with Crippen molar-refractivity contribution >= 4 is 52.0 Å². The van der Waals surface area contributed by atoms with Gasteiger partial charge in [-0.2, -0.15) is 0 Å². The lowest BCUT2D eigenvalue weighted by Crippen LogP contribution is -2.58. The van der Waals surface area contributed by atoms with Crippen molar-refractivity contribution in [2.75, 3.05) is 5.32 Å². The Morgan fingerprint density at radius 3 is 2.62 bits per heavy atom. The van der Waals surface area contributed by atoms with E-state index in [-0.39, 0.29) is 10.9 Å². The number of para-hydroxylation sites is 1. The summed E-state index contributed by atoms with van der Waals surface area (Å²) in [5.41, 5.74) is 5.19. The van der Waals surface area contributed by atoms with Gasteiger partial charge in [-0.05, 0) is 23.8 Å². The molecule has 2 atom stereocenters. The number of aliphatic hydroxyl groups is 1. The Balaban J connectivity index is 2.59. The Bertz CT molecular complexity index is 852. The van der Waals surface area contributed by atoms with Crippen LogP contribution in [0.4, 0.5) is 10.5 Å². The van der Waals surface area contributed by atoms with Crippen LogP contribution in [-0.4, -0.2) is 32.5 Å². The molecule has 5 N–H and O–H groups in total. The lowest BCUT2D eigenvalue weighted by atomic mass is 9.79. The Labute approximate surface area is 161 Å². The second-order valence-corrected chi connectivity index (χ2v) is 6.72. The number of benzene rings is 1. The van der Waals surface area contributed by atoms with E-state index in [4.69, 9.17) is 29.6 Å². The third-order valence-electron chi connectivity index (χ3n) is 3.88. The van der Waals surface area contributed by atoms with Gasteiger partial charge in [0.05, 0.1) is 0 Å². The number of amides is 3. The van der Waals surface area contributed by atoms with Crippen LogP contribution < -0.4 is 16.4 Å². The van der Waals surface area contributed by atoms with Crippen molar-refractivity contribution in [3.05, 3.63) is 60.7 Å². The Morgan fingerprint density at radius 2 is 2.04 bits per heavy atom. The predicted octanol–water partition coefficient (Wildman–Crippen LogP) is 2.49. The van der Waals surface area contributed by atoms with Gasteiger partial charge in [0.15, 0.2) is 0 Å². The molecule has 1 aromatic carbocycles. The molecule has 6 nitrogen and oxygen atoms in total. The first-order chi connectivity index (χ1) is 12.1. The molecule has 1 aliphatic rings. The maximum absolute atomic E-state index is 11.4. The van der Waals surface area contributed by atoms with E-state index in [0.717, 1.165) is 0 Å². The van der Waals surface area contributed by atoms with Gasteiger partial charge in [0.25, 0.3) is 0 Å². The average molecular weight is 392 g/mol. The summed E-state index contributed by atoms with van der Waals surface area (Å²) in [6, 6.07) is 6.18. The zero-order valence-corrected chi connectivity index (χ0v) is 15.5. The predicted molar refractivity (Wildman–Crippen MR) is 107 cm³/mol. The van der Waals surface area contributed by atoms with Crippen LogP contribution in [0.25, 0.3) is 5.57 Å². The molecule has 0 bridgehead atoms. The second kappa shape index (κ2) is 7.41. The minimum absolute atomic E-state index is 0.173. The van der Waals surface area contributed by atoms with E-state index in [2.05, 4.69) is 17.2 Å². The third-order valence-corrected chi connectivity index (χ3v) is 5.02. The third kappa shape index (κ3) is 3.70. The molecule has 3 amide bonds. The smallest absolute Gasteiger partial charge is 0.317 e. The van der Waals surface area contributed by atoms with Crippen LogP contribution >= 0.6 is 23.8 Å². The standard InChI is InChI=1S/C18H18ClN3O3S/c1-3-17(25)9-8-12(10-18(17,19)15(26)22-16(20)24)13-6-4-5-7-14(13)21-11(2)23/h3-10,25H,1H2,2H3,(H,21,23)(H3,20,22,24,26). The van der Waals surface area contributed by atoms with Gasteiger partial charge in [0, 0.05) is 18.2 Å². The Morgan fingerprint density at radius 1 is 1.38 bits per heavy atom. The summed E-state index contributed by atoms with van der Waals surface area (Å²) >= 11 is 11.8. The highest BCUT2D eigenvalue weighted by Gasteiger charge is 2.50. The van der Waals surface area contributed by atoms with Crippen LogP contribution in [0, 0.1) is 0 Å². The van der Waals surface area contributed by atoms with Gasteiger partial charge >= 0.3 is 6.03 Å². The van der Waals surface area contributed by atoms with Crippen LogP contribution in [0.5, 0.6) is 0 Å². The van der Waals surface area contributed by atoms with E-state index in [0.29, 0.717) is 16.8 Å². The number of hydrogen-bond acceptors (Lipinski definition) is 4. The van der Waals surface area contributed by atoms with E-state index in [1.54, 1.807) is 30.3 Å². The van der Waals surface area contributed by atoms with Crippen LogP contribution in [-0.2, 0) is 4.79 Å². The number of carbonyl (C=O) groups is 2. The highest BCUT2D eigenvalue weighted by atomic mass is 35.5. The molecule has 8 heteroatoms. The molecule has 0 fully saturated rings. The number of primary amides is 1. The maximum Gasteiger partial charge on any atom is 0.317 e. The fraction of sp³-hybridized carbons (Fsp3) is 0.167. The molecular formula is C18H18ClN3O3S. The molecule has 0 spiro atoms. The molecule has 1 aromatic rings. The molecule has 1 aliphatic carbocycles. The number of alkyl halides is 1. The number of allylic oxidation sites excluding steroid dienone is 2. The number of rotatable bonds is 4. The van der Waals surface area contributed by atoms with Gasteiger partial charge in [-0.15, -0.1) is 11.6 Å². The Hall–Kier alpha value is -2.48. The number of carbonyl (C=O) groups excluding carboxylic acids is 2. The number of nitrogens with two attached hydrogens (primary N) is 1. The second-order valence-electron chi connectivity index (χ2n) is 5.72. The zero-order chi connectivity index (χ0) is 19.5. The summed E-state index contributed by atoms with van der Waals surface area (Å²) in [6.45, 7) is 4.99. The number of urea groups is 1. The molecular weight excluding hydrogens is 374 g/mol. The summed E-state index contributed by atoms with van der Waals surface area (Å²) < 4.78 is 0.